The van der Waals surface area contributed by atoms with E-state index in [-0.39, 0.29) is 0 Å². The summed E-state index contributed by atoms with van der Waals surface area (Å²) in [5.74, 6) is 1.94. The van der Waals surface area contributed by atoms with Gasteiger partial charge in [0.1, 0.15) is 5.75 Å². The van der Waals surface area contributed by atoms with Gasteiger partial charge in [-0.05, 0) is 25.0 Å². The molecule has 27 heavy (non-hydrogen) atoms. The quantitative estimate of drug-likeness (QED) is 0.619. The number of methoxy groups -OCH3 is 1. The highest BCUT2D eigenvalue weighted by Gasteiger charge is 2.17. The number of amides is 1. The molecule has 0 bridgehead atoms. The Morgan fingerprint density at radius 3 is 2.67 bits per heavy atom. The average Bonchev–Trinajstić information content (AvgIpc) is 3.31. The minimum atomic E-state index is -1.33. The summed E-state index contributed by atoms with van der Waals surface area (Å²) in [4.78, 5) is 22.0. The van der Waals surface area contributed by atoms with Crippen molar-refractivity contribution < 1.29 is 14.6 Å². The van der Waals surface area contributed by atoms with Crippen LogP contribution in [0, 0.1) is 0 Å². The van der Waals surface area contributed by atoms with Crippen LogP contribution in [0.25, 0.3) is 17.0 Å². The van der Waals surface area contributed by atoms with Crippen molar-refractivity contribution in [3.63, 3.8) is 0 Å². The van der Waals surface area contributed by atoms with Crippen molar-refractivity contribution in [1.82, 2.24) is 29.9 Å². The number of nitrogens with one attached hydrogen (secondary N) is 1. The van der Waals surface area contributed by atoms with Gasteiger partial charge in [-0.25, -0.2) is 14.8 Å². The van der Waals surface area contributed by atoms with Gasteiger partial charge in [-0.1, -0.05) is 18.1 Å². The molecule has 142 valence electrons. The van der Waals surface area contributed by atoms with E-state index in [9.17, 15) is 0 Å². The number of carboxylic acid groups (broad SMARTS) is 1. The summed E-state index contributed by atoms with van der Waals surface area (Å²) in [7, 11) is 1.61. The lowest BCUT2D eigenvalue weighted by Crippen LogP contribution is -2.16. The molecule has 1 aliphatic carbocycles. The molecule has 3 aromatic rings. The zero-order chi connectivity index (χ0) is 19.2. The molecule has 1 amide bonds. The fourth-order valence-electron chi connectivity index (χ4n) is 2.82. The molecule has 3 aromatic heterocycles. The van der Waals surface area contributed by atoms with Crippen LogP contribution in [0.5, 0.6) is 5.75 Å². The Hall–Kier alpha value is -3.50. The van der Waals surface area contributed by atoms with Gasteiger partial charge in [0, 0.05) is 6.04 Å². The summed E-state index contributed by atoms with van der Waals surface area (Å²) in [6.45, 7) is 0. The Morgan fingerprint density at radius 2 is 2.04 bits per heavy atom. The molecule has 1 fully saturated rings. The Morgan fingerprint density at radius 1 is 1.30 bits per heavy atom. The van der Waals surface area contributed by atoms with Crippen molar-refractivity contribution in [2.75, 3.05) is 12.4 Å². The third kappa shape index (κ3) is 4.57. The van der Waals surface area contributed by atoms with Crippen LogP contribution in [0.4, 0.5) is 10.7 Å². The number of nitrogens with zero attached hydrogens (tertiary/aromatic N) is 6. The molecule has 3 heterocycles. The lowest BCUT2D eigenvalue weighted by atomic mass is 10.2. The Labute approximate surface area is 154 Å². The van der Waals surface area contributed by atoms with Gasteiger partial charge in [0.05, 0.1) is 19.5 Å². The predicted octanol–water partition coefficient (Wildman–Crippen LogP) is 1.59. The van der Waals surface area contributed by atoms with Crippen LogP contribution in [-0.2, 0) is 0 Å². The topological polar surface area (TPSA) is 154 Å². The number of primary amides is 1. The van der Waals surface area contributed by atoms with E-state index in [1.54, 1.807) is 24.2 Å². The van der Waals surface area contributed by atoms with E-state index in [1.165, 1.54) is 25.7 Å². The minimum Gasteiger partial charge on any atom is -0.495 e. The highest BCUT2D eigenvalue weighted by molar-refractivity contribution is 5.71. The van der Waals surface area contributed by atoms with Gasteiger partial charge in [-0.15, -0.1) is 5.10 Å². The molecule has 0 spiro atoms. The van der Waals surface area contributed by atoms with Crippen LogP contribution in [0.1, 0.15) is 25.7 Å². The first-order valence-electron chi connectivity index (χ1n) is 8.40. The van der Waals surface area contributed by atoms with Gasteiger partial charge in [0.2, 0.25) is 5.95 Å². The second-order valence-electron chi connectivity index (χ2n) is 5.92. The van der Waals surface area contributed by atoms with Crippen molar-refractivity contribution in [3.05, 3.63) is 24.5 Å². The van der Waals surface area contributed by atoms with Gasteiger partial charge >= 0.3 is 6.09 Å². The number of carbonyl (C=O) groups is 1. The molecule has 11 nitrogen and oxygen atoms in total. The molecule has 0 aliphatic heterocycles. The molecule has 4 rings (SSSR count). The zero-order valence-corrected chi connectivity index (χ0v) is 14.7. The number of fused-ring (bicyclic) bond motifs is 1. The third-order valence-electron chi connectivity index (χ3n) is 4.05. The molecule has 0 atom stereocenters. The van der Waals surface area contributed by atoms with Crippen LogP contribution in [0.15, 0.2) is 24.5 Å². The monoisotopic (exact) mass is 372 g/mol. The van der Waals surface area contributed by atoms with E-state index in [0.717, 1.165) is 0 Å². The summed E-state index contributed by atoms with van der Waals surface area (Å²) < 4.78 is 6.73. The number of aromatic nitrogens is 6. The van der Waals surface area contributed by atoms with Gasteiger partial charge in [-0.2, -0.15) is 9.67 Å². The summed E-state index contributed by atoms with van der Waals surface area (Å²) in [6, 6.07) is 4.10. The normalized spacial score (nSPS) is 13.8. The zero-order valence-electron chi connectivity index (χ0n) is 14.7. The molecular formula is C16H20N8O3. The highest BCUT2D eigenvalue weighted by Crippen LogP contribution is 2.22. The maximum absolute atomic E-state index is 8.78. The van der Waals surface area contributed by atoms with Crippen LogP contribution < -0.4 is 15.8 Å². The smallest absolute Gasteiger partial charge is 0.402 e. The molecule has 0 aromatic carbocycles. The van der Waals surface area contributed by atoms with E-state index in [2.05, 4.69) is 36.3 Å². The van der Waals surface area contributed by atoms with Gasteiger partial charge in [0.15, 0.2) is 17.0 Å². The summed E-state index contributed by atoms with van der Waals surface area (Å²) in [6.07, 6.45) is 6.84. The molecule has 11 heteroatoms. The Kier molecular flexibility index (Phi) is 5.59. The minimum absolute atomic E-state index is 0.455. The number of ether oxygens (including phenoxy) is 1. The number of rotatable bonds is 4. The van der Waals surface area contributed by atoms with Crippen LogP contribution in [0.2, 0.25) is 0 Å². The Bertz CT molecular complexity index is 902. The van der Waals surface area contributed by atoms with Crippen molar-refractivity contribution in [1.29, 1.82) is 0 Å². The molecular weight excluding hydrogens is 352 g/mol. The van der Waals surface area contributed by atoms with E-state index in [0.29, 0.717) is 34.7 Å². The van der Waals surface area contributed by atoms with Gasteiger partial charge in [0.25, 0.3) is 0 Å². The lowest BCUT2D eigenvalue weighted by molar-refractivity contribution is 0.205. The SMILES string of the molecule is COc1ccc(-n2nnc3cnc(NC4CCCC4)nc32)nc1.NC(=O)O. The molecule has 1 aliphatic rings. The number of nitrogens with two attached hydrogens (primary N) is 1. The fraction of sp³-hybridized carbons (Fsp3) is 0.375. The second kappa shape index (κ2) is 8.25. The van der Waals surface area contributed by atoms with E-state index in [1.807, 2.05) is 12.1 Å². The molecule has 0 unspecified atom stereocenters. The van der Waals surface area contributed by atoms with Gasteiger partial charge < -0.3 is 20.9 Å². The maximum atomic E-state index is 8.78. The number of hydrogen-bond donors (Lipinski definition) is 3. The summed E-state index contributed by atoms with van der Waals surface area (Å²) >= 11 is 0. The predicted molar refractivity (Wildman–Crippen MR) is 96.9 cm³/mol. The molecule has 0 radical (unpaired) electrons. The average molecular weight is 372 g/mol. The number of anilines is 1. The molecule has 1 saturated carbocycles. The third-order valence-corrected chi connectivity index (χ3v) is 4.05. The first kappa shape index (κ1) is 18.3. The maximum Gasteiger partial charge on any atom is 0.402 e. The van der Waals surface area contributed by atoms with Crippen LogP contribution in [-0.4, -0.2) is 54.3 Å². The second-order valence-corrected chi connectivity index (χ2v) is 5.92. The highest BCUT2D eigenvalue weighted by atomic mass is 16.5. The standard InChI is InChI=1S/C15H17N7O.CH3NO2/c1-23-11-6-7-13(16-8-11)22-14-12(20-21-22)9-17-15(19-14)18-10-4-2-3-5-10;2-1(3)4/h6-10H,2-5H2,1H3,(H,17,18,19);2H2,(H,3,4). The summed E-state index contributed by atoms with van der Waals surface area (Å²) in [5, 5.41) is 18.8. The first-order chi connectivity index (χ1) is 13.1. The van der Waals surface area contributed by atoms with E-state index < -0.39 is 6.09 Å². The van der Waals surface area contributed by atoms with E-state index >= 15 is 0 Å². The van der Waals surface area contributed by atoms with Crippen LogP contribution >= 0.6 is 0 Å². The van der Waals surface area contributed by atoms with Crippen molar-refractivity contribution in [3.8, 4) is 11.6 Å². The van der Waals surface area contributed by atoms with Crippen LogP contribution in [0.3, 0.4) is 0 Å². The summed E-state index contributed by atoms with van der Waals surface area (Å²) in [5.41, 5.74) is 5.30. The fourth-order valence-corrected chi connectivity index (χ4v) is 2.82. The number of hydrogen-bond acceptors (Lipinski definition) is 8. The Balaban J connectivity index is 0.000000481. The lowest BCUT2D eigenvalue weighted by Gasteiger charge is -2.11. The number of pyridine rings is 1. The van der Waals surface area contributed by atoms with Crippen molar-refractivity contribution in [2.45, 2.75) is 31.7 Å². The first-order valence-corrected chi connectivity index (χ1v) is 8.40. The molecule has 4 N–H and O–H groups in total. The molecule has 0 saturated heterocycles. The van der Waals surface area contributed by atoms with E-state index in [4.69, 9.17) is 14.6 Å². The largest absolute Gasteiger partial charge is 0.495 e. The van der Waals surface area contributed by atoms with Gasteiger partial charge in [-0.3, -0.25) is 0 Å². The van der Waals surface area contributed by atoms with Crippen molar-refractivity contribution >= 4 is 23.2 Å². The van der Waals surface area contributed by atoms with Crippen molar-refractivity contribution in [2.24, 2.45) is 5.73 Å².